The molecule has 1 aromatic rings. The monoisotopic (exact) mass is 327 g/mol. The van der Waals surface area contributed by atoms with Gasteiger partial charge in [0, 0.05) is 26.7 Å². The van der Waals surface area contributed by atoms with Crippen molar-refractivity contribution in [3.05, 3.63) is 35.4 Å². The zero-order valence-electron chi connectivity index (χ0n) is 13.4. The van der Waals surface area contributed by atoms with E-state index in [2.05, 4.69) is 10.6 Å². The molecule has 0 aromatic heterocycles. The Balaban J connectivity index is 2.23. The molecule has 124 valence electrons. The molecule has 0 bridgehead atoms. The van der Waals surface area contributed by atoms with Gasteiger partial charge in [-0.3, -0.25) is 0 Å². The van der Waals surface area contributed by atoms with Crippen molar-refractivity contribution in [3.8, 4) is 0 Å². The van der Waals surface area contributed by atoms with Gasteiger partial charge < -0.3 is 10.6 Å². The first-order valence-electron chi connectivity index (χ1n) is 7.37. The Morgan fingerprint density at radius 2 is 1.91 bits per heavy atom. The number of hydrogen-bond donors (Lipinski definition) is 2. The molecule has 0 saturated heterocycles. The van der Waals surface area contributed by atoms with Gasteiger partial charge in [0.05, 0.1) is 5.75 Å². The predicted molar refractivity (Wildman–Crippen MR) is 88.1 cm³/mol. The van der Waals surface area contributed by atoms with Gasteiger partial charge in [-0.15, -0.1) is 0 Å². The van der Waals surface area contributed by atoms with Crippen LogP contribution in [-0.4, -0.2) is 44.6 Å². The third-order valence-electron chi connectivity index (χ3n) is 3.48. The molecule has 0 saturated carbocycles. The van der Waals surface area contributed by atoms with Crippen LogP contribution in [0.3, 0.4) is 0 Å². The first-order valence-corrected chi connectivity index (χ1v) is 8.98. The van der Waals surface area contributed by atoms with Crippen LogP contribution in [0.4, 0.5) is 4.79 Å². The molecule has 0 aliphatic rings. The second-order valence-corrected chi connectivity index (χ2v) is 7.48. The van der Waals surface area contributed by atoms with E-state index in [4.69, 9.17) is 0 Å². The van der Waals surface area contributed by atoms with E-state index in [1.165, 1.54) is 4.31 Å². The van der Waals surface area contributed by atoms with Gasteiger partial charge in [0.2, 0.25) is 10.0 Å². The minimum atomic E-state index is -3.14. The molecular formula is C15H25N3O3S. The number of sulfonamides is 1. The average Bonchev–Trinajstić information content (AvgIpc) is 2.50. The molecular weight excluding hydrogens is 302 g/mol. The van der Waals surface area contributed by atoms with Crippen LogP contribution in [-0.2, 0) is 16.6 Å². The van der Waals surface area contributed by atoms with E-state index in [0.717, 1.165) is 11.1 Å². The lowest BCUT2D eigenvalue weighted by Gasteiger charge is -2.16. The number of amides is 2. The van der Waals surface area contributed by atoms with Crippen molar-refractivity contribution >= 4 is 16.1 Å². The van der Waals surface area contributed by atoms with Crippen molar-refractivity contribution in [2.24, 2.45) is 0 Å². The number of hydrogen-bond acceptors (Lipinski definition) is 3. The molecule has 0 aliphatic heterocycles. The molecule has 0 unspecified atom stereocenters. The minimum absolute atomic E-state index is 0.0911. The highest BCUT2D eigenvalue weighted by atomic mass is 32.2. The van der Waals surface area contributed by atoms with Gasteiger partial charge in [0.15, 0.2) is 0 Å². The highest BCUT2D eigenvalue weighted by Gasteiger charge is 2.14. The molecule has 7 heteroatoms. The lowest BCUT2D eigenvalue weighted by molar-refractivity contribution is 0.240. The maximum Gasteiger partial charge on any atom is 0.315 e. The fourth-order valence-corrected chi connectivity index (χ4v) is 2.76. The second-order valence-electron chi connectivity index (χ2n) is 5.11. The first-order chi connectivity index (χ1) is 10.4. The van der Waals surface area contributed by atoms with E-state index in [0.29, 0.717) is 26.1 Å². The molecule has 22 heavy (non-hydrogen) atoms. The smallest absolute Gasteiger partial charge is 0.315 e. The number of carbonyl (C=O) groups is 1. The Labute approximate surface area is 132 Å². The van der Waals surface area contributed by atoms with Crippen LogP contribution >= 0.6 is 0 Å². The molecule has 0 aliphatic carbocycles. The summed E-state index contributed by atoms with van der Waals surface area (Å²) in [6, 6.07) is 7.62. The quantitative estimate of drug-likeness (QED) is 0.710. The van der Waals surface area contributed by atoms with Crippen LogP contribution in [0.15, 0.2) is 24.3 Å². The summed E-state index contributed by atoms with van der Waals surface area (Å²) in [7, 11) is -1.59. The fraction of sp³-hybridized carbons (Fsp3) is 0.533. The highest BCUT2D eigenvalue weighted by molar-refractivity contribution is 7.89. The Hall–Kier alpha value is -1.60. The SMILES string of the molecule is CCS(=O)(=O)N(C)CCCNC(=O)NCc1ccccc1C. The summed E-state index contributed by atoms with van der Waals surface area (Å²) in [6.07, 6.45) is 0.577. The summed E-state index contributed by atoms with van der Waals surface area (Å²) < 4.78 is 24.4. The molecule has 0 radical (unpaired) electrons. The van der Waals surface area contributed by atoms with E-state index in [9.17, 15) is 13.2 Å². The standard InChI is InChI=1S/C15H25N3O3S/c1-4-22(20,21)18(3)11-7-10-16-15(19)17-12-14-9-6-5-8-13(14)2/h5-6,8-9H,4,7,10-12H2,1-3H3,(H2,16,17,19). The topological polar surface area (TPSA) is 78.5 Å². The van der Waals surface area contributed by atoms with Gasteiger partial charge in [0.25, 0.3) is 0 Å². The Morgan fingerprint density at radius 3 is 2.55 bits per heavy atom. The summed E-state index contributed by atoms with van der Waals surface area (Å²) in [6.45, 7) is 4.92. The largest absolute Gasteiger partial charge is 0.338 e. The molecule has 0 heterocycles. The van der Waals surface area contributed by atoms with E-state index in [1.54, 1.807) is 14.0 Å². The number of rotatable bonds is 8. The van der Waals surface area contributed by atoms with Crippen molar-refractivity contribution in [1.82, 2.24) is 14.9 Å². The van der Waals surface area contributed by atoms with Crippen LogP contribution in [0, 0.1) is 6.92 Å². The average molecular weight is 327 g/mol. The van der Waals surface area contributed by atoms with Crippen LogP contribution in [0.5, 0.6) is 0 Å². The van der Waals surface area contributed by atoms with Crippen molar-refractivity contribution in [2.75, 3.05) is 25.9 Å². The Kier molecular flexibility index (Phi) is 7.34. The molecule has 0 fully saturated rings. The maximum absolute atomic E-state index is 11.7. The number of carbonyl (C=O) groups excluding carboxylic acids is 1. The predicted octanol–water partition coefficient (Wildman–Crippen LogP) is 1.47. The van der Waals surface area contributed by atoms with E-state index >= 15 is 0 Å². The number of benzene rings is 1. The summed E-state index contributed by atoms with van der Waals surface area (Å²) >= 11 is 0. The third-order valence-corrected chi connectivity index (χ3v) is 5.34. The number of aryl methyl sites for hydroxylation is 1. The highest BCUT2D eigenvalue weighted by Crippen LogP contribution is 2.05. The zero-order valence-corrected chi connectivity index (χ0v) is 14.2. The molecule has 6 nitrogen and oxygen atoms in total. The minimum Gasteiger partial charge on any atom is -0.338 e. The fourth-order valence-electron chi connectivity index (χ4n) is 1.91. The third kappa shape index (κ3) is 6.03. The van der Waals surface area contributed by atoms with Crippen LogP contribution in [0.2, 0.25) is 0 Å². The number of urea groups is 1. The van der Waals surface area contributed by atoms with Gasteiger partial charge in [-0.1, -0.05) is 24.3 Å². The summed E-state index contributed by atoms with van der Waals surface area (Å²) in [5.41, 5.74) is 2.21. The molecule has 0 spiro atoms. The van der Waals surface area contributed by atoms with Crippen molar-refractivity contribution in [3.63, 3.8) is 0 Å². The van der Waals surface area contributed by atoms with Gasteiger partial charge in [-0.05, 0) is 31.4 Å². The molecule has 1 rings (SSSR count). The van der Waals surface area contributed by atoms with Crippen molar-refractivity contribution in [2.45, 2.75) is 26.8 Å². The van der Waals surface area contributed by atoms with E-state index in [1.807, 2.05) is 31.2 Å². The lowest BCUT2D eigenvalue weighted by atomic mass is 10.1. The molecule has 1 aromatic carbocycles. The van der Waals surface area contributed by atoms with Crippen molar-refractivity contribution in [1.29, 1.82) is 0 Å². The maximum atomic E-state index is 11.7. The van der Waals surface area contributed by atoms with Gasteiger partial charge >= 0.3 is 6.03 Å². The van der Waals surface area contributed by atoms with Crippen LogP contribution < -0.4 is 10.6 Å². The zero-order chi connectivity index (χ0) is 16.6. The second kappa shape index (κ2) is 8.75. The Bertz CT molecular complexity index is 587. The van der Waals surface area contributed by atoms with Gasteiger partial charge in [-0.25, -0.2) is 17.5 Å². The molecule has 2 N–H and O–H groups in total. The molecule has 0 atom stereocenters. The summed E-state index contributed by atoms with van der Waals surface area (Å²) in [5, 5.41) is 5.51. The molecule has 2 amide bonds. The van der Waals surface area contributed by atoms with Crippen LogP contribution in [0.1, 0.15) is 24.5 Å². The lowest BCUT2D eigenvalue weighted by Crippen LogP contribution is -2.37. The van der Waals surface area contributed by atoms with Gasteiger partial charge in [0.1, 0.15) is 0 Å². The van der Waals surface area contributed by atoms with E-state index in [-0.39, 0.29) is 11.8 Å². The summed E-state index contributed by atoms with van der Waals surface area (Å²) in [5.74, 6) is 0.0911. The number of nitrogens with zero attached hydrogens (tertiary/aromatic N) is 1. The summed E-state index contributed by atoms with van der Waals surface area (Å²) in [4.78, 5) is 11.7. The van der Waals surface area contributed by atoms with Gasteiger partial charge in [-0.2, -0.15) is 0 Å². The first kappa shape index (κ1) is 18.4. The van der Waals surface area contributed by atoms with E-state index < -0.39 is 10.0 Å². The Morgan fingerprint density at radius 1 is 1.23 bits per heavy atom. The van der Waals surface area contributed by atoms with Crippen molar-refractivity contribution < 1.29 is 13.2 Å². The van der Waals surface area contributed by atoms with Crippen LogP contribution in [0.25, 0.3) is 0 Å². The number of nitrogens with one attached hydrogen (secondary N) is 2. The normalized spacial score (nSPS) is 11.5.